The van der Waals surface area contributed by atoms with Gasteiger partial charge in [-0.3, -0.25) is 4.90 Å². The number of hydrogen-bond donors (Lipinski definition) is 3. The van der Waals surface area contributed by atoms with Gasteiger partial charge in [0.15, 0.2) is 17.5 Å². The van der Waals surface area contributed by atoms with Crippen LogP contribution in [0.4, 0.5) is 10.2 Å². The van der Waals surface area contributed by atoms with E-state index in [-0.39, 0.29) is 11.9 Å². The van der Waals surface area contributed by atoms with Gasteiger partial charge < -0.3 is 16.0 Å². The standard InChI is InChI=1S/C19H23ClFN7/c1-28(2)19(22)6-4-3-5-15(19)26-18-14(21)10-25-17(27-18)13-9-24-16-12(13)7-11(20)8-23-16/h7-10,15H,3-6,22H2,1-2H3,(H,23,24)(H,25,26,27)/t15-,19-/m0/s1. The van der Waals surface area contributed by atoms with E-state index >= 15 is 0 Å². The summed E-state index contributed by atoms with van der Waals surface area (Å²) in [5.74, 6) is 0.0341. The van der Waals surface area contributed by atoms with E-state index < -0.39 is 11.5 Å². The first-order valence-corrected chi connectivity index (χ1v) is 9.64. The highest BCUT2D eigenvalue weighted by Gasteiger charge is 2.39. The fourth-order valence-corrected chi connectivity index (χ4v) is 4.00. The lowest BCUT2D eigenvalue weighted by Gasteiger charge is -2.46. The molecule has 0 bridgehead atoms. The third-order valence-electron chi connectivity index (χ3n) is 5.55. The molecule has 0 spiro atoms. The predicted octanol–water partition coefficient (Wildman–Crippen LogP) is 3.38. The number of aromatic amines is 1. The Morgan fingerprint density at radius 2 is 2.14 bits per heavy atom. The van der Waals surface area contributed by atoms with Crippen LogP contribution in [0.5, 0.6) is 0 Å². The molecule has 1 fully saturated rings. The van der Waals surface area contributed by atoms with E-state index in [4.69, 9.17) is 17.3 Å². The highest BCUT2D eigenvalue weighted by molar-refractivity contribution is 6.31. The Hall–Kier alpha value is -2.29. The second kappa shape index (κ2) is 7.27. The molecule has 0 radical (unpaired) electrons. The molecule has 4 rings (SSSR count). The number of nitrogens with zero attached hydrogens (tertiary/aromatic N) is 4. The first-order valence-electron chi connectivity index (χ1n) is 9.27. The molecule has 3 aromatic rings. The van der Waals surface area contributed by atoms with E-state index in [9.17, 15) is 4.39 Å². The zero-order valence-electron chi connectivity index (χ0n) is 15.8. The van der Waals surface area contributed by atoms with Crippen molar-refractivity contribution in [2.45, 2.75) is 37.4 Å². The normalized spacial score (nSPS) is 22.7. The Labute approximate surface area is 167 Å². The first kappa shape index (κ1) is 19.0. The largest absolute Gasteiger partial charge is 0.362 e. The summed E-state index contributed by atoms with van der Waals surface area (Å²) in [6, 6.07) is 1.67. The maximum atomic E-state index is 14.5. The van der Waals surface area contributed by atoms with Gasteiger partial charge in [-0.15, -0.1) is 0 Å². The number of nitrogens with one attached hydrogen (secondary N) is 2. The number of aromatic nitrogens is 4. The Bertz CT molecular complexity index is 1010. The van der Waals surface area contributed by atoms with Crippen molar-refractivity contribution in [3.63, 3.8) is 0 Å². The molecule has 4 N–H and O–H groups in total. The van der Waals surface area contributed by atoms with Crippen LogP contribution in [0.25, 0.3) is 22.4 Å². The quantitative estimate of drug-likeness (QED) is 0.578. The van der Waals surface area contributed by atoms with Crippen molar-refractivity contribution in [3.05, 3.63) is 35.5 Å². The number of rotatable bonds is 4. The van der Waals surface area contributed by atoms with Crippen molar-refractivity contribution in [2.24, 2.45) is 5.73 Å². The van der Waals surface area contributed by atoms with Crippen LogP contribution in [0.15, 0.2) is 24.7 Å². The van der Waals surface area contributed by atoms with Crippen molar-refractivity contribution >= 4 is 28.5 Å². The zero-order valence-corrected chi connectivity index (χ0v) is 16.6. The average molecular weight is 404 g/mol. The molecule has 7 nitrogen and oxygen atoms in total. The predicted molar refractivity (Wildman–Crippen MR) is 109 cm³/mol. The minimum Gasteiger partial charge on any atom is -0.362 e. The van der Waals surface area contributed by atoms with Gasteiger partial charge in [0, 0.05) is 23.3 Å². The van der Waals surface area contributed by atoms with Crippen LogP contribution in [-0.2, 0) is 0 Å². The van der Waals surface area contributed by atoms with E-state index in [1.165, 1.54) is 6.20 Å². The first-order chi connectivity index (χ1) is 13.4. The summed E-state index contributed by atoms with van der Waals surface area (Å²) in [4.78, 5) is 17.9. The van der Waals surface area contributed by atoms with Crippen LogP contribution < -0.4 is 11.1 Å². The molecule has 148 valence electrons. The second-order valence-electron chi connectivity index (χ2n) is 7.47. The Morgan fingerprint density at radius 3 is 2.93 bits per heavy atom. The van der Waals surface area contributed by atoms with Crippen LogP contribution >= 0.6 is 11.6 Å². The minimum absolute atomic E-state index is 0.118. The van der Waals surface area contributed by atoms with Gasteiger partial charge in [-0.2, -0.15) is 0 Å². The van der Waals surface area contributed by atoms with E-state index in [1.807, 2.05) is 19.0 Å². The van der Waals surface area contributed by atoms with Crippen LogP contribution in [0.3, 0.4) is 0 Å². The Kier molecular flexibility index (Phi) is 4.95. The molecule has 2 atom stereocenters. The molecule has 3 aromatic heterocycles. The van der Waals surface area contributed by atoms with Gasteiger partial charge in [-0.1, -0.05) is 24.4 Å². The lowest BCUT2D eigenvalue weighted by molar-refractivity contribution is 0.0920. The molecule has 1 saturated carbocycles. The molecule has 0 amide bonds. The van der Waals surface area contributed by atoms with Crippen molar-refractivity contribution in [3.8, 4) is 11.4 Å². The van der Waals surface area contributed by atoms with Crippen LogP contribution in [0.1, 0.15) is 25.7 Å². The maximum absolute atomic E-state index is 14.5. The lowest BCUT2D eigenvalue weighted by Crippen LogP contribution is -2.64. The molecule has 9 heteroatoms. The van der Waals surface area contributed by atoms with E-state index in [0.29, 0.717) is 22.1 Å². The van der Waals surface area contributed by atoms with Gasteiger partial charge >= 0.3 is 0 Å². The summed E-state index contributed by atoms with van der Waals surface area (Å²) < 4.78 is 14.5. The number of fused-ring (bicyclic) bond motifs is 1. The van der Waals surface area contributed by atoms with E-state index in [1.54, 1.807) is 18.5 Å². The molecule has 0 aromatic carbocycles. The van der Waals surface area contributed by atoms with Gasteiger partial charge in [0.25, 0.3) is 0 Å². The SMILES string of the molecule is CN(C)[C@@]1(N)CCCC[C@@H]1Nc1nc(-c2c[nH]c3ncc(Cl)cc23)ncc1F. The molecule has 1 aliphatic carbocycles. The summed E-state index contributed by atoms with van der Waals surface area (Å²) in [6.07, 6.45) is 8.26. The molecule has 3 heterocycles. The summed E-state index contributed by atoms with van der Waals surface area (Å²) >= 11 is 6.07. The zero-order chi connectivity index (χ0) is 19.9. The van der Waals surface area contributed by atoms with Crippen LogP contribution in [-0.4, -0.2) is 50.6 Å². The molecule has 0 unspecified atom stereocenters. The van der Waals surface area contributed by atoms with Gasteiger partial charge in [0.1, 0.15) is 5.65 Å². The molecule has 0 aliphatic heterocycles. The monoisotopic (exact) mass is 403 g/mol. The molecule has 0 saturated heterocycles. The lowest BCUT2D eigenvalue weighted by atomic mass is 9.84. The van der Waals surface area contributed by atoms with Crippen molar-refractivity contribution in [1.29, 1.82) is 0 Å². The second-order valence-corrected chi connectivity index (χ2v) is 7.91. The van der Waals surface area contributed by atoms with E-state index in [2.05, 4.69) is 25.3 Å². The van der Waals surface area contributed by atoms with E-state index in [0.717, 1.165) is 31.1 Å². The Morgan fingerprint density at radius 1 is 1.32 bits per heavy atom. The summed E-state index contributed by atoms with van der Waals surface area (Å²) in [5, 5.41) is 4.53. The highest BCUT2D eigenvalue weighted by atomic mass is 35.5. The highest BCUT2D eigenvalue weighted by Crippen LogP contribution is 2.32. The molecular formula is C19H23ClFN7. The number of H-pyrrole nitrogens is 1. The minimum atomic E-state index is -0.561. The number of likely N-dealkylation sites (N-methyl/N-ethyl adjacent to an activating group) is 1. The average Bonchev–Trinajstić information content (AvgIpc) is 3.08. The fourth-order valence-electron chi connectivity index (χ4n) is 3.84. The molecule has 1 aliphatic rings. The van der Waals surface area contributed by atoms with Crippen LogP contribution in [0, 0.1) is 5.82 Å². The van der Waals surface area contributed by atoms with Crippen LogP contribution in [0.2, 0.25) is 5.02 Å². The van der Waals surface area contributed by atoms with Crippen molar-refractivity contribution < 1.29 is 4.39 Å². The molecular weight excluding hydrogens is 381 g/mol. The summed E-state index contributed by atoms with van der Waals surface area (Å²) in [6.45, 7) is 0. The maximum Gasteiger partial charge on any atom is 0.183 e. The number of anilines is 1. The molecule has 28 heavy (non-hydrogen) atoms. The van der Waals surface area contributed by atoms with Gasteiger partial charge in [0.05, 0.1) is 22.9 Å². The topological polar surface area (TPSA) is 95.8 Å². The fraction of sp³-hybridized carbons (Fsp3) is 0.421. The number of hydrogen-bond acceptors (Lipinski definition) is 6. The van der Waals surface area contributed by atoms with Gasteiger partial charge in [-0.25, -0.2) is 19.3 Å². The summed E-state index contributed by atoms with van der Waals surface area (Å²) in [5.41, 5.74) is 7.46. The number of pyridine rings is 1. The van der Waals surface area contributed by atoms with Gasteiger partial charge in [-0.05, 0) is 33.0 Å². The number of nitrogens with two attached hydrogens (primary N) is 1. The van der Waals surface area contributed by atoms with Gasteiger partial charge in [0.2, 0.25) is 0 Å². The summed E-state index contributed by atoms with van der Waals surface area (Å²) in [7, 11) is 3.90. The smallest absolute Gasteiger partial charge is 0.183 e. The Balaban J connectivity index is 1.70. The van der Waals surface area contributed by atoms with Crippen molar-refractivity contribution in [1.82, 2.24) is 24.8 Å². The third kappa shape index (κ3) is 3.32. The number of halogens is 2. The third-order valence-corrected chi connectivity index (χ3v) is 5.76. The van der Waals surface area contributed by atoms with Crippen molar-refractivity contribution in [2.75, 3.05) is 19.4 Å².